The second-order valence-electron chi connectivity index (χ2n) is 7.59. The molecule has 0 saturated carbocycles. The molecule has 0 saturated heterocycles. The number of hydrazone groups is 1. The number of rotatable bonds is 6. The summed E-state index contributed by atoms with van der Waals surface area (Å²) in [4.78, 5) is 24.2. The molecule has 5 heteroatoms. The fraction of sp³-hybridized carbons (Fsp3) is 0.409. The van der Waals surface area contributed by atoms with E-state index in [0.717, 1.165) is 29.7 Å². The topological polar surface area (TPSA) is 70.6 Å². The molecule has 0 aliphatic heterocycles. The summed E-state index contributed by atoms with van der Waals surface area (Å²) < 4.78 is 0. The number of hydrogen-bond acceptors (Lipinski definition) is 3. The SMILES string of the molecule is C=C(C)C1CC=C(C)/C(=N/NC(=O)c2ccc(NC(=O)CC(C)C)cc2)C1. The van der Waals surface area contributed by atoms with Gasteiger partial charge < -0.3 is 5.32 Å². The predicted octanol–water partition coefficient (Wildman–Crippen LogP) is 4.69. The van der Waals surface area contributed by atoms with E-state index in [0.29, 0.717) is 29.5 Å². The molecule has 2 rings (SSSR count). The van der Waals surface area contributed by atoms with Crippen molar-refractivity contribution in [1.29, 1.82) is 0 Å². The summed E-state index contributed by atoms with van der Waals surface area (Å²) in [5.41, 5.74) is 6.93. The van der Waals surface area contributed by atoms with E-state index >= 15 is 0 Å². The van der Waals surface area contributed by atoms with Gasteiger partial charge in [0.25, 0.3) is 5.91 Å². The lowest BCUT2D eigenvalue weighted by molar-refractivity contribution is -0.116. The Morgan fingerprint density at radius 1 is 1.26 bits per heavy atom. The first kappa shape index (κ1) is 20.6. The van der Waals surface area contributed by atoms with E-state index in [1.54, 1.807) is 24.3 Å². The summed E-state index contributed by atoms with van der Waals surface area (Å²) in [6.45, 7) is 12.0. The van der Waals surface area contributed by atoms with E-state index in [2.05, 4.69) is 28.5 Å². The van der Waals surface area contributed by atoms with Crippen molar-refractivity contribution < 1.29 is 9.59 Å². The van der Waals surface area contributed by atoms with Crippen molar-refractivity contribution in [1.82, 2.24) is 5.43 Å². The van der Waals surface area contributed by atoms with E-state index in [9.17, 15) is 9.59 Å². The van der Waals surface area contributed by atoms with Gasteiger partial charge in [-0.1, -0.05) is 32.1 Å². The van der Waals surface area contributed by atoms with Crippen molar-refractivity contribution >= 4 is 23.2 Å². The number of carbonyl (C=O) groups is 2. The molecule has 0 spiro atoms. The van der Waals surface area contributed by atoms with Crippen molar-refractivity contribution in [3.8, 4) is 0 Å². The summed E-state index contributed by atoms with van der Waals surface area (Å²) in [7, 11) is 0. The van der Waals surface area contributed by atoms with Gasteiger partial charge in [-0.05, 0) is 68.4 Å². The average Bonchev–Trinajstić information content (AvgIpc) is 2.60. The van der Waals surface area contributed by atoms with Crippen LogP contribution in [0.25, 0.3) is 0 Å². The lowest BCUT2D eigenvalue weighted by atomic mass is 9.85. The van der Waals surface area contributed by atoms with Crippen LogP contribution in [-0.4, -0.2) is 17.5 Å². The highest BCUT2D eigenvalue weighted by Gasteiger charge is 2.19. The first-order valence-electron chi connectivity index (χ1n) is 9.35. The minimum Gasteiger partial charge on any atom is -0.326 e. The summed E-state index contributed by atoms with van der Waals surface area (Å²) in [6.07, 6.45) is 4.37. The molecule has 27 heavy (non-hydrogen) atoms. The molecule has 0 aromatic heterocycles. The lowest BCUT2D eigenvalue weighted by Gasteiger charge is -2.22. The summed E-state index contributed by atoms with van der Waals surface area (Å²) in [6, 6.07) is 6.81. The van der Waals surface area contributed by atoms with Crippen molar-refractivity contribution in [2.75, 3.05) is 5.32 Å². The lowest BCUT2D eigenvalue weighted by Crippen LogP contribution is -2.23. The maximum Gasteiger partial charge on any atom is 0.271 e. The maximum absolute atomic E-state index is 12.3. The van der Waals surface area contributed by atoms with E-state index in [1.807, 2.05) is 27.7 Å². The van der Waals surface area contributed by atoms with Crippen LogP contribution in [0.5, 0.6) is 0 Å². The number of benzene rings is 1. The molecule has 2 amide bonds. The fourth-order valence-corrected chi connectivity index (χ4v) is 2.89. The van der Waals surface area contributed by atoms with E-state index in [4.69, 9.17) is 0 Å². The molecule has 1 aliphatic rings. The molecule has 1 aromatic carbocycles. The van der Waals surface area contributed by atoms with Crippen molar-refractivity contribution in [3.63, 3.8) is 0 Å². The van der Waals surface area contributed by atoms with Gasteiger partial charge in [-0.2, -0.15) is 5.10 Å². The second-order valence-corrected chi connectivity index (χ2v) is 7.59. The second kappa shape index (κ2) is 9.31. The molecule has 1 unspecified atom stereocenters. The normalized spacial score (nSPS) is 18.2. The van der Waals surface area contributed by atoms with E-state index in [1.165, 1.54) is 0 Å². The third-order valence-electron chi connectivity index (χ3n) is 4.62. The van der Waals surface area contributed by atoms with Crippen LogP contribution in [-0.2, 0) is 4.79 Å². The van der Waals surface area contributed by atoms with E-state index < -0.39 is 0 Å². The molecule has 0 fully saturated rings. The van der Waals surface area contributed by atoms with Gasteiger partial charge >= 0.3 is 0 Å². The van der Waals surface area contributed by atoms with Gasteiger partial charge in [0, 0.05) is 17.7 Å². The molecule has 1 aliphatic carbocycles. The number of hydrogen-bond donors (Lipinski definition) is 2. The highest BCUT2D eigenvalue weighted by Crippen LogP contribution is 2.26. The Hall–Kier alpha value is -2.69. The van der Waals surface area contributed by atoms with Crippen LogP contribution in [0.15, 0.2) is 53.2 Å². The molecular weight excluding hydrogens is 338 g/mol. The van der Waals surface area contributed by atoms with Gasteiger partial charge in [0.15, 0.2) is 0 Å². The minimum atomic E-state index is -0.271. The van der Waals surface area contributed by atoms with Gasteiger partial charge in [0.1, 0.15) is 0 Å². The number of nitrogens with zero attached hydrogens (tertiary/aromatic N) is 1. The molecule has 0 bridgehead atoms. The Morgan fingerprint density at radius 2 is 1.93 bits per heavy atom. The quantitative estimate of drug-likeness (QED) is 0.566. The summed E-state index contributed by atoms with van der Waals surface area (Å²) in [5, 5.41) is 7.15. The zero-order valence-electron chi connectivity index (χ0n) is 16.6. The minimum absolute atomic E-state index is 0.0276. The summed E-state index contributed by atoms with van der Waals surface area (Å²) >= 11 is 0. The molecule has 0 heterocycles. The van der Waals surface area contributed by atoms with Crippen molar-refractivity contribution in [2.45, 2.75) is 47.0 Å². The monoisotopic (exact) mass is 367 g/mol. The Morgan fingerprint density at radius 3 is 2.52 bits per heavy atom. The largest absolute Gasteiger partial charge is 0.326 e. The van der Waals surface area contributed by atoms with Crippen molar-refractivity contribution in [2.24, 2.45) is 16.9 Å². The highest BCUT2D eigenvalue weighted by atomic mass is 16.2. The molecule has 1 aromatic rings. The zero-order chi connectivity index (χ0) is 20.0. The number of amides is 2. The first-order valence-corrected chi connectivity index (χ1v) is 9.35. The third kappa shape index (κ3) is 6.20. The van der Waals surface area contributed by atoms with Crippen LogP contribution >= 0.6 is 0 Å². The van der Waals surface area contributed by atoms with Crippen LogP contribution < -0.4 is 10.7 Å². The Bertz CT molecular complexity index is 773. The zero-order valence-corrected chi connectivity index (χ0v) is 16.6. The fourth-order valence-electron chi connectivity index (χ4n) is 2.89. The molecule has 0 radical (unpaired) electrons. The Kier molecular flexibility index (Phi) is 7.11. The van der Waals surface area contributed by atoms with E-state index in [-0.39, 0.29) is 11.8 Å². The first-order chi connectivity index (χ1) is 12.8. The molecular formula is C22H29N3O2. The Balaban J connectivity index is 1.98. The van der Waals surface area contributed by atoms with Crippen LogP contribution in [0.1, 0.15) is 57.3 Å². The molecule has 1 atom stereocenters. The van der Waals surface area contributed by atoms with Crippen LogP contribution in [0.4, 0.5) is 5.69 Å². The molecule has 5 nitrogen and oxygen atoms in total. The number of nitrogens with one attached hydrogen (secondary N) is 2. The van der Waals surface area contributed by atoms with Gasteiger partial charge in [0.05, 0.1) is 5.71 Å². The smallest absolute Gasteiger partial charge is 0.271 e. The Labute approximate surface area is 161 Å². The predicted molar refractivity (Wildman–Crippen MR) is 111 cm³/mol. The van der Waals surface area contributed by atoms with Crippen molar-refractivity contribution in [3.05, 3.63) is 53.6 Å². The van der Waals surface area contributed by atoms with Crippen LogP contribution in [0.2, 0.25) is 0 Å². The maximum atomic E-state index is 12.3. The van der Waals surface area contributed by atoms with Crippen LogP contribution in [0, 0.1) is 11.8 Å². The third-order valence-corrected chi connectivity index (χ3v) is 4.62. The van der Waals surface area contributed by atoms with Gasteiger partial charge in [-0.3, -0.25) is 9.59 Å². The summed E-state index contributed by atoms with van der Waals surface area (Å²) in [5.74, 6) is 0.377. The number of anilines is 1. The number of allylic oxidation sites excluding steroid dienone is 3. The molecule has 144 valence electrons. The van der Waals surface area contributed by atoms with Crippen LogP contribution in [0.3, 0.4) is 0 Å². The average molecular weight is 367 g/mol. The highest BCUT2D eigenvalue weighted by molar-refractivity contribution is 6.02. The van der Waals surface area contributed by atoms with Gasteiger partial charge in [-0.25, -0.2) is 5.43 Å². The molecule has 2 N–H and O–H groups in total. The van der Waals surface area contributed by atoms with Gasteiger partial charge in [0.2, 0.25) is 5.91 Å². The number of carbonyl (C=O) groups excluding carboxylic acids is 2. The van der Waals surface area contributed by atoms with Gasteiger partial charge in [-0.15, -0.1) is 0 Å². The standard InChI is InChI=1S/C22H29N3O2/c1-14(2)12-21(26)23-19-10-8-17(9-11-19)22(27)25-24-20-13-18(15(3)4)7-6-16(20)5/h6,8-11,14,18H,3,7,12-13H2,1-2,4-5H3,(H,23,26)(H,25,27)/b24-20+.